The molecule has 4 heteroatoms. The fourth-order valence-electron chi connectivity index (χ4n) is 3.02. The van der Waals surface area contributed by atoms with Crippen molar-refractivity contribution >= 4 is 17.9 Å². The van der Waals surface area contributed by atoms with Crippen LogP contribution in [0.5, 0.6) is 0 Å². The molecule has 0 aliphatic heterocycles. The molecule has 3 rings (SSSR count). The van der Waals surface area contributed by atoms with Gasteiger partial charge in [0, 0.05) is 11.6 Å². The quantitative estimate of drug-likeness (QED) is 0.778. The third-order valence-electron chi connectivity index (χ3n) is 3.99. The largest absolute Gasteiger partial charge is 0.317 e. The van der Waals surface area contributed by atoms with E-state index in [4.69, 9.17) is 11.6 Å². The summed E-state index contributed by atoms with van der Waals surface area (Å²) in [6, 6.07) is 10.3. The lowest BCUT2D eigenvalue weighted by Crippen LogP contribution is -2.16. The van der Waals surface area contributed by atoms with E-state index in [1.165, 1.54) is 19.3 Å². The number of halogens is 1. The van der Waals surface area contributed by atoms with Crippen LogP contribution in [0.15, 0.2) is 30.3 Å². The number of imidazole rings is 1. The molecule has 0 bridgehead atoms. The average molecular weight is 289 g/mol. The minimum atomic E-state index is 0.310. The molecule has 1 aromatic heterocycles. The maximum atomic E-state index is 11.4. The van der Waals surface area contributed by atoms with E-state index in [1.54, 1.807) is 0 Å². The van der Waals surface area contributed by atoms with Crippen LogP contribution >= 0.6 is 11.6 Å². The van der Waals surface area contributed by atoms with Crippen LogP contribution in [0.4, 0.5) is 0 Å². The van der Waals surface area contributed by atoms with Crippen molar-refractivity contribution in [2.75, 3.05) is 0 Å². The lowest BCUT2D eigenvalue weighted by Gasteiger charge is -2.25. The third-order valence-corrected chi connectivity index (χ3v) is 4.26. The van der Waals surface area contributed by atoms with Crippen molar-refractivity contribution < 1.29 is 4.79 Å². The molecule has 0 radical (unpaired) electrons. The number of hydrogen-bond acceptors (Lipinski definition) is 2. The van der Waals surface area contributed by atoms with Crippen LogP contribution in [0.1, 0.15) is 48.6 Å². The van der Waals surface area contributed by atoms with E-state index < -0.39 is 0 Å². The second-order valence-electron chi connectivity index (χ2n) is 5.26. The number of hydrogen-bond donors (Lipinski definition) is 0. The third kappa shape index (κ3) is 2.38. The molecule has 1 aliphatic rings. The van der Waals surface area contributed by atoms with Gasteiger partial charge in [-0.1, -0.05) is 61.2 Å². The van der Waals surface area contributed by atoms with Gasteiger partial charge in [0.1, 0.15) is 11.5 Å². The average Bonchev–Trinajstić information content (AvgIpc) is 2.85. The summed E-state index contributed by atoms with van der Waals surface area (Å²) in [6.45, 7) is 0. The summed E-state index contributed by atoms with van der Waals surface area (Å²) in [7, 11) is 0. The Morgan fingerprint density at radius 3 is 2.50 bits per heavy atom. The highest BCUT2D eigenvalue weighted by Crippen LogP contribution is 2.35. The van der Waals surface area contributed by atoms with Crippen molar-refractivity contribution in [1.82, 2.24) is 9.55 Å². The van der Waals surface area contributed by atoms with Crippen LogP contribution in [-0.4, -0.2) is 15.8 Å². The number of aldehydes is 1. The monoisotopic (exact) mass is 288 g/mol. The molecule has 0 saturated heterocycles. The Hall–Kier alpha value is -1.61. The number of nitrogens with zero attached hydrogens (tertiary/aromatic N) is 2. The zero-order valence-electron chi connectivity index (χ0n) is 11.3. The van der Waals surface area contributed by atoms with Crippen molar-refractivity contribution in [2.45, 2.75) is 38.1 Å². The van der Waals surface area contributed by atoms with Crippen LogP contribution in [-0.2, 0) is 0 Å². The van der Waals surface area contributed by atoms with E-state index in [2.05, 4.69) is 4.98 Å². The van der Waals surface area contributed by atoms with Gasteiger partial charge in [0.25, 0.3) is 0 Å². The van der Waals surface area contributed by atoms with Gasteiger partial charge >= 0.3 is 0 Å². The maximum absolute atomic E-state index is 11.4. The maximum Gasteiger partial charge on any atom is 0.169 e. The summed E-state index contributed by atoms with van der Waals surface area (Å²) >= 11 is 6.16. The highest BCUT2D eigenvalue weighted by atomic mass is 35.5. The number of benzene rings is 1. The fourth-order valence-corrected chi connectivity index (χ4v) is 3.24. The Morgan fingerprint density at radius 2 is 1.85 bits per heavy atom. The van der Waals surface area contributed by atoms with Crippen LogP contribution in [0.3, 0.4) is 0 Å². The molecule has 0 N–H and O–H groups in total. The van der Waals surface area contributed by atoms with Gasteiger partial charge in [-0.05, 0) is 12.8 Å². The zero-order valence-corrected chi connectivity index (χ0v) is 12.0. The van der Waals surface area contributed by atoms with Crippen LogP contribution < -0.4 is 0 Å². The van der Waals surface area contributed by atoms with E-state index in [0.29, 0.717) is 16.9 Å². The van der Waals surface area contributed by atoms with Gasteiger partial charge in [-0.25, -0.2) is 4.98 Å². The van der Waals surface area contributed by atoms with Gasteiger partial charge in [0.2, 0.25) is 0 Å². The lowest BCUT2D eigenvalue weighted by atomic mass is 9.95. The molecule has 1 aliphatic carbocycles. The molecule has 20 heavy (non-hydrogen) atoms. The molecule has 0 spiro atoms. The topological polar surface area (TPSA) is 34.9 Å². The predicted molar refractivity (Wildman–Crippen MR) is 80.2 cm³/mol. The van der Waals surface area contributed by atoms with E-state index in [9.17, 15) is 4.79 Å². The molecule has 0 atom stereocenters. The van der Waals surface area contributed by atoms with E-state index >= 15 is 0 Å². The smallest absolute Gasteiger partial charge is 0.169 e. The van der Waals surface area contributed by atoms with Gasteiger partial charge in [0.15, 0.2) is 11.4 Å². The standard InChI is InChI=1S/C16H17ClN2O/c17-15-14(11-20)19(13-9-5-2-6-10-13)16(18-15)12-7-3-1-4-8-12/h1,3-4,7-8,11,13H,2,5-6,9-10H2. The molecule has 2 aromatic rings. The molecule has 1 aromatic carbocycles. The molecule has 0 amide bonds. The SMILES string of the molecule is O=Cc1c(Cl)nc(-c2ccccc2)n1C1CCCCC1. The van der Waals surface area contributed by atoms with Gasteiger partial charge in [-0.3, -0.25) is 4.79 Å². The molecule has 1 saturated carbocycles. The first-order chi connectivity index (χ1) is 9.81. The van der Waals surface area contributed by atoms with Crippen molar-refractivity contribution in [1.29, 1.82) is 0 Å². The van der Waals surface area contributed by atoms with E-state index in [1.807, 2.05) is 34.9 Å². The van der Waals surface area contributed by atoms with Crippen molar-refractivity contribution in [3.8, 4) is 11.4 Å². The molecule has 1 fully saturated rings. The molecular formula is C16H17ClN2O. The molecular weight excluding hydrogens is 272 g/mol. The Kier molecular flexibility index (Phi) is 3.88. The Bertz CT molecular complexity index is 600. The number of aromatic nitrogens is 2. The Labute approximate surface area is 123 Å². The lowest BCUT2D eigenvalue weighted by molar-refractivity contribution is 0.111. The van der Waals surface area contributed by atoms with Gasteiger partial charge in [0.05, 0.1) is 0 Å². The summed E-state index contributed by atoms with van der Waals surface area (Å²) in [6.07, 6.45) is 6.69. The summed E-state index contributed by atoms with van der Waals surface area (Å²) in [5, 5.41) is 0.310. The minimum absolute atomic E-state index is 0.310. The summed E-state index contributed by atoms with van der Waals surface area (Å²) in [5.41, 5.74) is 1.52. The summed E-state index contributed by atoms with van der Waals surface area (Å²) < 4.78 is 2.05. The predicted octanol–water partition coefficient (Wildman–Crippen LogP) is 4.52. The van der Waals surface area contributed by atoms with E-state index in [-0.39, 0.29) is 0 Å². The number of carbonyl (C=O) groups is 1. The van der Waals surface area contributed by atoms with Gasteiger partial charge < -0.3 is 4.57 Å². The van der Waals surface area contributed by atoms with Crippen LogP contribution in [0.2, 0.25) is 5.15 Å². The van der Waals surface area contributed by atoms with Crippen LogP contribution in [0.25, 0.3) is 11.4 Å². The fraction of sp³-hybridized carbons (Fsp3) is 0.375. The first-order valence-corrected chi connectivity index (χ1v) is 7.47. The molecule has 3 nitrogen and oxygen atoms in total. The highest BCUT2D eigenvalue weighted by molar-refractivity contribution is 6.31. The van der Waals surface area contributed by atoms with Gasteiger partial charge in [-0.2, -0.15) is 0 Å². The number of rotatable bonds is 3. The van der Waals surface area contributed by atoms with Crippen molar-refractivity contribution in [3.05, 3.63) is 41.2 Å². The van der Waals surface area contributed by atoms with Crippen molar-refractivity contribution in [2.24, 2.45) is 0 Å². The van der Waals surface area contributed by atoms with E-state index in [0.717, 1.165) is 30.5 Å². The normalized spacial score (nSPS) is 16.2. The second-order valence-corrected chi connectivity index (χ2v) is 5.62. The second kappa shape index (κ2) is 5.80. The summed E-state index contributed by atoms with van der Waals surface area (Å²) in [5.74, 6) is 0.810. The molecule has 104 valence electrons. The van der Waals surface area contributed by atoms with Crippen molar-refractivity contribution in [3.63, 3.8) is 0 Å². The Balaban J connectivity index is 2.12. The first kappa shape index (κ1) is 13.4. The first-order valence-electron chi connectivity index (χ1n) is 7.09. The Morgan fingerprint density at radius 1 is 1.15 bits per heavy atom. The molecule has 0 unspecified atom stereocenters. The highest BCUT2D eigenvalue weighted by Gasteiger charge is 2.24. The zero-order chi connectivity index (χ0) is 13.9. The minimum Gasteiger partial charge on any atom is -0.317 e. The number of carbonyl (C=O) groups excluding carboxylic acids is 1. The molecule has 1 heterocycles. The summed E-state index contributed by atoms with van der Waals surface area (Å²) in [4.78, 5) is 15.8. The van der Waals surface area contributed by atoms with Gasteiger partial charge in [-0.15, -0.1) is 0 Å². The van der Waals surface area contributed by atoms with Crippen LogP contribution in [0, 0.1) is 0 Å².